The molecule has 0 fully saturated rings. The zero-order valence-corrected chi connectivity index (χ0v) is 9.65. The van der Waals surface area contributed by atoms with Crippen LogP contribution in [0.1, 0.15) is 15.9 Å². The standard InChI is InChI=1S/C10H9F3N2O4/c1-6-3-2-4-7(8(6)15(17)18)9(16)14-19-5-10(11,12)13/h2-4H,5H2,1H3,(H,14,16). The number of hydrogen-bond donors (Lipinski definition) is 1. The molecule has 104 valence electrons. The third-order valence-electron chi connectivity index (χ3n) is 2.07. The van der Waals surface area contributed by atoms with Crippen LogP contribution >= 0.6 is 0 Å². The molecule has 0 atom stereocenters. The van der Waals surface area contributed by atoms with E-state index in [4.69, 9.17) is 0 Å². The van der Waals surface area contributed by atoms with Crippen LogP contribution in [0.4, 0.5) is 18.9 Å². The van der Waals surface area contributed by atoms with Gasteiger partial charge in [-0.25, -0.2) is 5.48 Å². The number of hydrogen-bond acceptors (Lipinski definition) is 4. The Bertz CT molecular complexity index is 502. The molecule has 1 aromatic rings. The van der Waals surface area contributed by atoms with E-state index in [-0.39, 0.29) is 11.1 Å². The average molecular weight is 278 g/mol. The highest BCUT2D eigenvalue weighted by atomic mass is 19.4. The third kappa shape index (κ3) is 4.21. The van der Waals surface area contributed by atoms with Gasteiger partial charge < -0.3 is 0 Å². The lowest BCUT2D eigenvalue weighted by molar-refractivity contribution is -0.385. The molecule has 1 rings (SSSR count). The van der Waals surface area contributed by atoms with Gasteiger partial charge in [-0.2, -0.15) is 13.2 Å². The minimum atomic E-state index is -4.61. The molecule has 0 radical (unpaired) electrons. The number of para-hydroxylation sites is 1. The van der Waals surface area contributed by atoms with Crippen LogP contribution in [0.15, 0.2) is 18.2 Å². The summed E-state index contributed by atoms with van der Waals surface area (Å²) in [5, 5.41) is 10.8. The zero-order chi connectivity index (χ0) is 14.6. The van der Waals surface area contributed by atoms with Crippen molar-refractivity contribution in [1.29, 1.82) is 0 Å². The van der Waals surface area contributed by atoms with Gasteiger partial charge in [0.2, 0.25) is 0 Å². The summed E-state index contributed by atoms with van der Waals surface area (Å²) in [6.07, 6.45) is -4.61. The molecule has 1 aromatic carbocycles. The largest absolute Gasteiger partial charge is 0.414 e. The molecular weight excluding hydrogens is 269 g/mol. The predicted octanol–water partition coefficient (Wildman–Crippen LogP) is 2.13. The summed E-state index contributed by atoms with van der Waals surface area (Å²) >= 11 is 0. The van der Waals surface area contributed by atoms with Gasteiger partial charge in [0.05, 0.1) is 4.92 Å². The molecule has 0 aromatic heterocycles. The van der Waals surface area contributed by atoms with E-state index in [2.05, 4.69) is 4.84 Å². The number of rotatable bonds is 4. The van der Waals surface area contributed by atoms with Crippen molar-refractivity contribution in [2.45, 2.75) is 13.1 Å². The van der Waals surface area contributed by atoms with Gasteiger partial charge in [0.15, 0.2) is 6.61 Å². The monoisotopic (exact) mass is 278 g/mol. The lowest BCUT2D eigenvalue weighted by Crippen LogP contribution is -2.30. The van der Waals surface area contributed by atoms with Crippen molar-refractivity contribution in [2.24, 2.45) is 0 Å². The molecule has 6 nitrogen and oxygen atoms in total. The van der Waals surface area contributed by atoms with E-state index in [0.717, 1.165) is 6.07 Å². The first-order valence-electron chi connectivity index (χ1n) is 4.95. The average Bonchev–Trinajstić information content (AvgIpc) is 2.26. The smallest absolute Gasteiger partial charge is 0.267 e. The zero-order valence-electron chi connectivity index (χ0n) is 9.65. The Labute approximate surface area is 105 Å². The fourth-order valence-electron chi connectivity index (χ4n) is 1.32. The van der Waals surface area contributed by atoms with Crippen molar-refractivity contribution in [2.75, 3.05) is 6.61 Å². The van der Waals surface area contributed by atoms with Crippen molar-refractivity contribution in [3.05, 3.63) is 39.4 Å². The van der Waals surface area contributed by atoms with Crippen LogP contribution in [-0.2, 0) is 4.84 Å². The second-order valence-electron chi connectivity index (χ2n) is 3.56. The van der Waals surface area contributed by atoms with Crippen LogP contribution in [0.25, 0.3) is 0 Å². The minimum Gasteiger partial charge on any atom is -0.267 e. The number of benzene rings is 1. The molecule has 0 heterocycles. The Morgan fingerprint density at radius 1 is 1.47 bits per heavy atom. The number of carbonyl (C=O) groups is 1. The SMILES string of the molecule is Cc1cccc(C(=O)NOCC(F)(F)F)c1[N+](=O)[O-]. The first kappa shape index (κ1) is 14.9. The molecule has 1 amide bonds. The lowest BCUT2D eigenvalue weighted by Gasteiger charge is -2.09. The number of nitro groups is 1. The van der Waals surface area contributed by atoms with E-state index in [1.165, 1.54) is 24.5 Å². The van der Waals surface area contributed by atoms with Crippen LogP contribution < -0.4 is 5.48 Å². The Balaban J connectivity index is 2.83. The predicted molar refractivity (Wildman–Crippen MR) is 57.3 cm³/mol. The maximum atomic E-state index is 11.8. The van der Waals surface area contributed by atoms with Gasteiger partial charge in [-0.05, 0) is 13.0 Å². The summed E-state index contributed by atoms with van der Waals surface area (Å²) in [6.45, 7) is -0.274. The van der Waals surface area contributed by atoms with Crippen molar-refractivity contribution in [3.63, 3.8) is 0 Å². The number of halogens is 3. The van der Waals surface area contributed by atoms with E-state index < -0.39 is 29.3 Å². The molecule has 19 heavy (non-hydrogen) atoms. The van der Waals surface area contributed by atoms with E-state index >= 15 is 0 Å². The molecule has 0 saturated carbocycles. The highest BCUT2D eigenvalue weighted by Crippen LogP contribution is 2.23. The maximum Gasteiger partial charge on any atom is 0.414 e. The quantitative estimate of drug-likeness (QED) is 0.675. The molecule has 9 heteroatoms. The van der Waals surface area contributed by atoms with Crippen LogP contribution in [-0.4, -0.2) is 23.6 Å². The summed E-state index contributed by atoms with van der Waals surface area (Å²) in [5.74, 6) is -1.11. The number of nitrogens with one attached hydrogen (secondary N) is 1. The van der Waals surface area contributed by atoms with Gasteiger partial charge in [-0.15, -0.1) is 0 Å². The third-order valence-corrected chi connectivity index (χ3v) is 2.07. The Morgan fingerprint density at radius 3 is 2.63 bits per heavy atom. The first-order valence-corrected chi connectivity index (χ1v) is 4.95. The Hall–Kier alpha value is -2.16. The highest BCUT2D eigenvalue weighted by Gasteiger charge is 2.29. The molecule has 0 aliphatic heterocycles. The van der Waals surface area contributed by atoms with Crippen molar-refractivity contribution < 1.29 is 27.7 Å². The fraction of sp³-hybridized carbons (Fsp3) is 0.300. The normalized spacial score (nSPS) is 11.2. The summed E-state index contributed by atoms with van der Waals surface area (Å²) in [4.78, 5) is 25.4. The van der Waals surface area contributed by atoms with Crippen LogP contribution in [0.5, 0.6) is 0 Å². The van der Waals surface area contributed by atoms with E-state index in [1.54, 1.807) is 0 Å². The highest BCUT2D eigenvalue weighted by molar-refractivity contribution is 5.98. The number of aryl methyl sites for hydroxylation is 1. The van der Waals surface area contributed by atoms with Crippen LogP contribution in [0, 0.1) is 17.0 Å². The van der Waals surface area contributed by atoms with Crippen LogP contribution in [0.3, 0.4) is 0 Å². The van der Waals surface area contributed by atoms with Gasteiger partial charge in [-0.3, -0.25) is 19.7 Å². The summed E-state index contributed by atoms with van der Waals surface area (Å²) in [6, 6.07) is 3.91. The molecule has 0 spiro atoms. The summed E-state index contributed by atoms with van der Waals surface area (Å²) in [7, 11) is 0. The number of amides is 1. The molecule has 0 aliphatic carbocycles. The number of nitrogens with zero attached hydrogens (tertiary/aromatic N) is 1. The van der Waals surface area contributed by atoms with E-state index in [9.17, 15) is 28.1 Å². The van der Waals surface area contributed by atoms with Gasteiger partial charge in [0, 0.05) is 5.56 Å². The topological polar surface area (TPSA) is 81.5 Å². The maximum absolute atomic E-state index is 11.8. The van der Waals surface area contributed by atoms with Gasteiger partial charge in [-0.1, -0.05) is 12.1 Å². The Kier molecular flexibility index (Phi) is 4.43. The number of carbonyl (C=O) groups excluding carboxylic acids is 1. The number of hydroxylamine groups is 1. The molecule has 0 unspecified atom stereocenters. The van der Waals surface area contributed by atoms with Crippen molar-refractivity contribution in [3.8, 4) is 0 Å². The molecule has 0 bridgehead atoms. The van der Waals surface area contributed by atoms with Crippen molar-refractivity contribution >= 4 is 11.6 Å². The summed E-state index contributed by atoms with van der Waals surface area (Å²) < 4.78 is 35.4. The van der Waals surface area contributed by atoms with Gasteiger partial charge >= 0.3 is 6.18 Å². The number of alkyl halides is 3. The van der Waals surface area contributed by atoms with Gasteiger partial charge in [0.1, 0.15) is 5.56 Å². The fourth-order valence-corrected chi connectivity index (χ4v) is 1.32. The summed E-state index contributed by atoms with van der Waals surface area (Å²) in [5.41, 5.74) is 0.886. The Morgan fingerprint density at radius 2 is 2.11 bits per heavy atom. The second kappa shape index (κ2) is 5.65. The first-order chi connectivity index (χ1) is 8.72. The molecule has 0 saturated heterocycles. The van der Waals surface area contributed by atoms with Crippen LogP contribution in [0.2, 0.25) is 0 Å². The van der Waals surface area contributed by atoms with E-state index in [1.807, 2.05) is 0 Å². The number of nitro benzene ring substituents is 1. The molecule has 1 N–H and O–H groups in total. The van der Waals surface area contributed by atoms with Crippen molar-refractivity contribution in [1.82, 2.24) is 5.48 Å². The second-order valence-corrected chi connectivity index (χ2v) is 3.56. The van der Waals surface area contributed by atoms with E-state index in [0.29, 0.717) is 0 Å². The van der Waals surface area contributed by atoms with Gasteiger partial charge in [0.25, 0.3) is 11.6 Å². The molecular formula is C10H9F3N2O4. The lowest BCUT2D eigenvalue weighted by atomic mass is 10.1. The minimum absolute atomic E-state index is 0.216. The molecule has 0 aliphatic rings.